The van der Waals surface area contributed by atoms with Gasteiger partial charge in [-0.2, -0.15) is 5.10 Å². The van der Waals surface area contributed by atoms with Crippen molar-refractivity contribution >= 4 is 16.9 Å². The highest BCUT2D eigenvalue weighted by atomic mass is 16.5. The molecule has 0 saturated heterocycles. The Morgan fingerprint density at radius 1 is 1.19 bits per heavy atom. The van der Waals surface area contributed by atoms with Gasteiger partial charge in [-0.1, -0.05) is 30.3 Å². The maximum Gasteiger partial charge on any atom is 0.252 e. The van der Waals surface area contributed by atoms with E-state index in [1.165, 1.54) is 0 Å². The van der Waals surface area contributed by atoms with Crippen molar-refractivity contribution in [3.05, 3.63) is 48.2 Å². The zero-order valence-electron chi connectivity index (χ0n) is 15.7. The molecule has 0 radical (unpaired) electrons. The third kappa shape index (κ3) is 4.50. The number of carbonyl (C=O) groups is 1. The lowest BCUT2D eigenvalue weighted by Gasteiger charge is -2.10. The third-order valence-electron chi connectivity index (χ3n) is 4.29. The molecule has 142 valence electrons. The molecule has 0 atom stereocenters. The van der Waals surface area contributed by atoms with Crippen LogP contribution in [0.4, 0.5) is 0 Å². The molecule has 3 rings (SSSR count). The number of pyridine rings is 1. The lowest BCUT2D eigenvalue weighted by molar-refractivity contribution is 0.0955. The summed E-state index contributed by atoms with van der Waals surface area (Å²) >= 11 is 0. The molecular weight excluding hydrogens is 342 g/mol. The molecule has 2 N–H and O–H groups in total. The van der Waals surface area contributed by atoms with Gasteiger partial charge in [-0.15, -0.1) is 0 Å². The predicted octanol–water partition coefficient (Wildman–Crippen LogP) is 2.08. The third-order valence-corrected chi connectivity index (χ3v) is 4.29. The molecule has 0 saturated carbocycles. The lowest BCUT2D eigenvalue weighted by atomic mass is 10.1. The van der Waals surface area contributed by atoms with Crippen molar-refractivity contribution in [2.45, 2.75) is 13.5 Å². The zero-order valence-corrected chi connectivity index (χ0v) is 15.7. The topological polar surface area (TPSA) is 81.1 Å². The van der Waals surface area contributed by atoms with Crippen LogP contribution < -0.4 is 10.6 Å². The van der Waals surface area contributed by atoms with E-state index in [1.54, 1.807) is 13.3 Å². The van der Waals surface area contributed by atoms with E-state index in [-0.39, 0.29) is 5.91 Å². The van der Waals surface area contributed by atoms with E-state index in [1.807, 2.05) is 48.0 Å². The summed E-state index contributed by atoms with van der Waals surface area (Å²) < 4.78 is 6.80. The first-order valence-corrected chi connectivity index (χ1v) is 9.14. The number of hydrogen-bond acceptors (Lipinski definition) is 5. The highest BCUT2D eigenvalue weighted by Gasteiger charge is 2.16. The second-order valence-electron chi connectivity index (χ2n) is 6.12. The number of aromatic nitrogens is 3. The molecule has 1 amide bonds. The number of hydrogen-bond donors (Lipinski definition) is 2. The average molecular weight is 367 g/mol. The van der Waals surface area contributed by atoms with E-state index >= 15 is 0 Å². The fourth-order valence-electron chi connectivity index (χ4n) is 2.88. The fraction of sp³-hybridized carbons (Fsp3) is 0.350. The Labute approximate surface area is 158 Å². The second-order valence-corrected chi connectivity index (χ2v) is 6.12. The summed E-state index contributed by atoms with van der Waals surface area (Å²) in [7, 11) is 1.67. The minimum absolute atomic E-state index is 0.122. The Balaban J connectivity index is 1.85. The first-order chi connectivity index (χ1) is 13.2. The Hall–Kier alpha value is -2.77. The molecule has 0 aliphatic rings. The summed E-state index contributed by atoms with van der Waals surface area (Å²) in [5, 5.41) is 11.3. The minimum atomic E-state index is -0.122. The Bertz CT molecular complexity index is 892. The normalized spacial score (nSPS) is 11.0. The summed E-state index contributed by atoms with van der Waals surface area (Å²) in [6.45, 7) is 5.33. The fourth-order valence-corrected chi connectivity index (χ4v) is 2.88. The number of nitrogens with one attached hydrogen (secondary N) is 2. The summed E-state index contributed by atoms with van der Waals surface area (Å²) in [6, 6.07) is 11.7. The van der Waals surface area contributed by atoms with Crippen LogP contribution >= 0.6 is 0 Å². The maximum atomic E-state index is 12.8. The van der Waals surface area contributed by atoms with E-state index < -0.39 is 0 Å². The molecule has 2 aromatic heterocycles. The largest absolute Gasteiger partial charge is 0.383 e. The Morgan fingerprint density at radius 2 is 2.00 bits per heavy atom. The summed E-state index contributed by atoms with van der Waals surface area (Å²) in [6.07, 6.45) is 1.71. The quantitative estimate of drug-likeness (QED) is 0.566. The van der Waals surface area contributed by atoms with Crippen LogP contribution in [-0.2, 0) is 11.3 Å². The van der Waals surface area contributed by atoms with Gasteiger partial charge in [0.25, 0.3) is 5.91 Å². The predicted molar refractivity (Wildman–Crippen MR) is 106 cm³/mol. The first kappa shape index (κ1) is 19.0. The number of nitrogens with zero attached hydrogens (tertiary/aromatic N) is 3. The Kier molecular flexibility index (Phi) is 6.51. The molecule has 3 aromatic rings. The van der Waals surface area contributed by atoms with Crippen LogP contribution in [0.15, 0.2) is 42.6 Å². The number of methoxy groups -OCH3 is 1. The van der Waals surface area contributed by atoms with Crippen molar-refractivity contribution in [1.29, 1.82) is 0 Å². The maximum absolute atomic E-state index is 12.8. The number of fused-ring (bicyclic) bond motifs is 1. The van der Waals surface area contributed by atoms with Gasteiger partial charge < -0.3 is 15.4 Å². The lowest BCUT2D eigenvalue weighted by Crippen LogP contribution is -2.33. The van der Waals surface area contributed by atoms with Gasteiger partial charge in [0.15, 0.2) is 5.65 Å². The van der Waals surface area contributed by atoms with Gasteiger partial charge in [0, 0.05) is 38.9 Å². The van der Waals surface area contributed by atoms with E-state index in [2.05, 4.69) is 15.7 Å². The molecule has 0 fully saturated rings. The van der Waals surface area contributed by atoms with Crippen molar-refractivity contribution in [2.24, 2.45) is 0 Å². The standard InChI is InChI=1S/C20H25N5O2/c1-3-25-19-17(14-23-25)16(20(26)22-10-9-21-11-12-27-2)13-18(24-19)15-7-5-4-6-8-15/h4-8,13-14,21H,3,9-12H2,1-2H3,(H,22,26). The molecule has 27 heavy (non-hydrogen) atoms. The molecule has 7 nitrogen and oxygen atoms in total. The minimum Gasteiger partial charge on any atom is -0.383 e. The van der Waals surface area contributed by atoms with Crippen LogP contribution in [0.1, 0.15) is 17.3 Å². The molecule has 0 unspecified atom stereocenters. The molecule has 0 spiro atoms. The van der Waals surface area contributed by atoms with Crippen molar-refractivity contribution < 1.29 is 9.53 Å². The van der Waals surface area contributed by atoms with Gasteiger partial charge in [-0.3, -0.25) is 4.79 Å². The van der Waals surface area contributed by atoms with Crippen LogP contribution in [0.2, 0.25) is 0 Å². The molecule has 0 aliphatic carbocycles. The highest BCUT2D eigenvalue weighted by Crippen LogP contribution is 2.24. The van der Waals surface area contributed by atoms with Crippen LogP contribution in [0.5, 0.6) is 0 Å². The number of carbonyl (C=O) groups excluding carboxylic acids is 1. The second kappa shape index (κ2) is 9.25. The number of rotatable bonds is 9. The molecule has 7 heteroatoms. The SMILES string of the molecule is CCn1ncc2c(C(=O)NCCNCCOC)cc(-c3ccccc3)nc21. The van der Waals surface area contributed by atoms with Crippen molar-refractivity contribution in [2.75, 3.05) is 33.4 Å². The first-order valence-electron chi connectivity index (χ1n) is 9.14. The van der Waals surface area contributed by atoms with Gasteiger partial charge in [0.1, 0.15) is 0 Å². The molecular formula is C20H25N5O2. The van der Waals surface area contributed by atoms with Gasteiger partial charge in [0.05, 0.1) is 29.4 Å². The van der Waals surface area contributed by atoms with Crippen molar-refractivity contribution in [3.8, 4) is 11.3 Å². The van der Waals surface area contributed by atoms with E-state index in [4.69, 9.17) is 9.72 Å². The molecule has 0 bridgehead atoms. The van der Waals surface area contributed by atoms with E-state index in [0.29, 0.717) is 31.8 Å². The van der Waals surface area contributed by atoms with Gasteiger partial charge in [0.2, 0.25) is 0 Å². The van der Waals surface area contributed by atoms with Crippen LogP contribution in [0.25, 0.3) is 22.3 Å². The Morgan fingerprint density at radius 3 is 2.74 bits per heavy atom. The van der Waals surface area contributed by atoms with Crippen LogP contribution in [0, 0.1) is 0 Å². The van der Waals surface area contributed by atoms with E-state index in [0.717, 1.165) is 28.8 Å². The van der Waals surface area contributed by atoms with Gasteiger partial charge >= 0.3 is 0 Å². The zero-order chi connectivity index (χ0) is 19.1. The monoisotopic (exact) mass is 367 g/mol. The van der Waals surface area contributed by atoms with E-state index in [9.17, 15) is 4.79 Å². The smallest absolute Gasteiger partial charge is 0.252 e. The molecule has 2 heterocycles. The van der Waals surface area contributed by atoms with Gasteiger partial charge in [-0.25, -0.2) is 9.67 Å². The van der Waals surface area contributed by atoms with Crippen molar-refractivity contribution in [1.82, 2.24) is 25.4 Å². The summed E-state index contributed by atoms with van der Waals surface area (Å²) in [4.78, 5) is 17.5. The van der Waals surface area contributed by atoms with Crippen LogP contribution in [0.3, 0.4) is 0 Å². The number of aryl methyl sites for hydroxylation is 1. The molecule has 0 aliphatic heterocycles. The summed E-state index contributed by atoms with van der Waals surface area (Å²) in [5.41, 5.74) is 3.05. The van der Waals surface area contributed by atoms with Crippen molar-refractivity contribution in [3.63, 3.8) is 0 Å². The van der Waals surface area contributed by atoms with Gasteiger partial charge in [-0.05, 0) is 13.0 Å². The number of benzene rings is 1. The summed E-state index contributed by atoms with van der Waals surface area (Å²) in [5.74, 6) is -0.122. The highest BCUT2D eigenvalue weighted by molar-refractivity contribution is 6.06. The molecule has 1 aromatic carbocycles. The van der Waals surface area contributed by atoms with Crippen LogP contribution in [-0.4, -0.2) is 54.0 Å². The number of amides is 1. The average Bonchev–Trinajstić information content (AvgIpc) is 3.13. The number of ether oxygens (including phenoxy) is 1.